The Morgan fingerprint density at radius 3 is 2.51 bits per heavy atom. The number of ether oxygens (including phenoxy) is 1. The lowest BCUT2D eigenvalue weighted by Crippen LogP contribution is -2.34. The lowest BCUT2D eigenvalue weighted by Gasteiger charge is -2.23. The molecule has 0 saturated carbocycles. The van der Waals surface area contributed by atoms with Crippen LogP contribution in [-0.2, 0) is 33.7 Å². The van der Waals surface area contributed by atoms with Crippen molar-refractivity contribution in [3.63, 3.8) is 0 Å². The molecule has 0 spiro atoms. The molecule has 3 heterocycles. The number of carbonyl (C=O) groups excluding carboxylic acids is 2. The Kier molecular flexibility index (Phi) is 8.45. The van der Waals surface area contributed by atoms with Crippen LogP contribution in [0.1, 0.15) is 35.4 Å². The molecule has 0 aliphatic carbocycles. The highest BCUT2D eigenvalue weighted by molar-refractivity contribution is 7.15. The van der Waals surface area contributed by atoms with Gasteiger partial charge in [-0.25, -0.2) is 0 Å². The zero-order chi connectivity index (χ0) is 25.6. The van der Waals surface area contributed by atoms with Crippen molar-refractivity contribution in [3.05, 3.63) is 69.7 Å². The monoisotopic (exact) mass is 539 g/mol. The maximum Gasteiger partial charge on any atom is 0.231 e. The quantitative estimate of drug-likeness (QED) is 0.422. The van der Waals surface area contributed by atoms with E-state index in [1.807, 2.05) is 48.5 Å². The van der Waals surface area contributed by atoms with Crippen molar-refractivity contribution in [3.8, 4) is 0 Å². The highest BCUT2D eigenvalue weighted by atomic mass is 35.5. The first-order valence-corrected chi connectivity index (χ1v) is 13.8. The van der Waals surface area contributed by atoms with Gasteiger partial charge in [0, 0.05) is 55.9 Å². The fourth-order valence-electron chi connectivity index (χ4n) is 4.61. The van der Waals surface area contributed by atoms with E-state index in [-0.39, 0.29) is 18.2 Å². The number of hydrogen-bond acceptors (Lipinski definition) is 7. The predicted octanol–water partition coefficient (Wildman–Crippen LogP) is 4.24. The molecule has 2 amide bonds. The van der Waals surface area contributed by atoms with Crippen LogP contribution < -0.4 is 15.5 Å². The summed E-state index contributed by atoms with van der Waals surface area (Å²) in [6.07, 6.45) is 3.79. The average Bonchev–Trinajstić information content (AvgIpc) is 3.54. The summed E-state index contributed by atoms with van der Waals surface area (Å²) in [6.45, 7) is 2.76. The molecule has 2 aromatic carbocycles. The number of halogens is 1. The van der Waals surface area contributed by atoms with Crippen molar-refractivity contribution in [2.24, 2.45) is 5.92 Å². The molecule has 2 saturated heterocycles. The van der Waals surface area contributed by atoms with Gasteiger partial charge in [0.05, 0.1) is 5.92 Å². The molecule has 2 aliphatic heterocycles. The smallest absolute Gasteiger partial charge is 0.231 e. The normalized spacial score (nSPS) is 18.4. The zero-order valence-electron chi connectivity index (χ0n) is 20.5. The molecule has 1 aromatic heterocycles. The van der Waals surface area contributed by atoms with Crippen LogP contribution in [0.3, 0.4) is 0 Å². The molecule has 3 aromatic rings. The summed E-state index contributed by atoms with van der Waals surface area (Å²) in [7, 11) is 0. The number of carbonyl (C=O) groups is 2. The third-order valence-electron chi connectivity index (χ3n) is 6.80. The second-order valence-corrected chi connectivity index (χ2v) is 11.0. The second-order valence-electron chi connectivity index (χ2n) is 9.46. The molecule has 194 valence electrons. The highest BCUT2D eigenvalue weighted by Gasteiger charge is 2.35. The van der Waals surface area contributed by atoms with E-state index in [1.54, 1.807) is 4.90 Å². The van der Waals surface area contributed by atoms with Gasteiger partial charge in [-0.15, -0.1) is 10.2 Å². The van der Waals surface area contributed by atoms with Gasteiger partial charge in [0.15, 0.2) is 0 Å². The molecule has 10 heteroatoms. The van der Waals surface area contributed by atoms with E-state index in [0.717, 1.165) is 56.1 Å². The van der Waals surface area contributed by atoms with E-state index in [2.05, 4.69) is 20.8 Å². The van der Waals surface area contributed by atoms with Gasteiger partial charge in [-0.3, -0.25) is 9.59 Å². The van der Waals surface area contributed by atoms with Gasteiger partial charge in [-0.05, 0) is 54.7 Å². The van der Waals surface area contributed by atoms with Crippen LogP contribution in [-0.4, -0.2) is 47.8 Å². The van der Waals surface area contributed by atoms with Crippen molar-refractivity contribution in [1.29, 1.82) is 0 Å². The molecular formula is C27H30ClN5O3S. The Bertz CT molecular complexity index is 1210. The molecule has 8 nitrogen and oxygen atoms in total. The molecule has 1 atom stereocenters. The number of nitrogens with zero attached hydrogens (tertiary/aromatic N) is 3. The van der Waals surface area contributed by atoms with Crippen molar-refractivity contribution in [2.75, 3.05) is 30.0 Å². The van der Waals surface area contributed by atoms with Crippen LogP contribution in [0.25, 0.3) is 0 Å². The average molecular weight is 540 g/mol. The van der Waals surface area contributed by atoms with Gasteiger partial charge in [0.25, 0.3) is 0 Å². The number of nitrogens with one attached hydrogen (secondary N) is 2. The van der Waals surface area contributed by atoms with Gasteiger partial charge in [0.2, 0.25) is 16.9 Å². The number of hydrogen-bond donors (Lipinski definition) is 2. The molecule has 2 N–H and O–H groups in total. The summed E-state index contributed by atoms with van der Waals surface area (Å²) in [6, 6.07) is 16.2. The molecule has 0 radical (unpaired) electrons. The maximum absolute atomic E-state index is 12.9. The summed E-state index contributed by atoms with van der Waals surface area (Å²) in [5, 5.41) is 16.8. The molecule has 0 bridgehead atoms. The molecule has 2 fully saturated rings. The first kappa shape index (κ1) is 25.8. The number of aryl methyl sites for hydroxylation is 2. The lowest BCUT2D eigenvalue weighted by molar-refractivity contribution is -0.122. The van der Waals surface area contributed by atoms with Crippen molar-refractivity contribution < 1.29 is 14.3 Å². The van der Waals surface area contributed by atoms with Gasteiger partial charge in [0.1, 0.15) is 5.01 Å². The first-order chi connectivity index (χ1) is 18.0. The van der Waals surface area contributed by atoms with E-state index < -0.39 is 5.92 Å². The third kappa shape index (κ3) is 6.93. The summed E-state index contributed by atoms with van der Waals surface area (Å²) in [5.74, 6) is -0.675. The van der Waals surface area contributed by atoms with Gasteiger partial charge >= 0.3 is 0 Å². The van der Waals surface area contributed by atoms with Crippen molar-refractivity contribution >= 4 is 45.6 Å². The minimum atomic E-state index is -0.427. The van der Waals surface area contributed by atoms with E-state index in [1.165, 1.54) is 22.5 Å². The number of benzene rings is 2. The van der Waals surface area contributed by atoms with Gasteiger partial charge in [-0.2, -0.15) is 0 Å². The fraction of sp³-hybridized carbons (Fsp3) is 0.407. The van der Waals surface area contributed by atoms with E-state index >= 15 is 0 Å². The Morgan fingerprint density at radius 2 is 1.76 bits per heavy atom. The fourth-order valence-corrected chi connectivity index (χ4v) is 5.47. The summed E-state index contributed by atoms with van der Waals surface area (Å²) < 4.78 is 5.41. The first-order valence-electron chi connectivity index (χ1n) is 12.6. The number of amides is 2. The van der Waals surface area contributed by atoms with Crippen molar-refractivity contribution in [1.82, 2.24) is 15.5 Å². The van der Waals surface area contributed by atoms with Gasteiger partial charge < -0.3 is 20.3 Å². The minimum Gasteiger partial charge on any atom is -0.381 e. The van der Waals surface area contributed by atoms with Gasteiger partial charge in [-0.1, -0.05) is 47.2 Å². The maximum atomic E-state index is 12.9. The molecule has 1 unspecified atom stereocenters. The Hall–Kier alpha value is -2.85. The van der Waals surface area contributed by atoms with Crippen LogP contribution in [0.4, 0.5) is 10.8 Å². The predicted molar refractivity (Wildman–Crippen MR) is 145 cm³/mol. The van der Waals surface area contributed by atoms with Crippen LogP contribution in [0.5, 0.6) is 0 Å². The van der Waals surface area contributed by atoms with Crippen LogP contribution in [0.2, 0.25) is 5.02 Å². The van der Waals surface area contributed by atoms with Crippen LogP contribution in [0.15, 0.2) is 48.5 Å². The standard InChI is InChI=1S/C27H30ClN5O3S/c28-21-6-1-18(2-7-21)5-10-24-31-32-27(37-24)30-26(35)20-15-25(34)33(17-20)23-8-3-19(4-9-23)16-29-22-11-13-36-14-12-22/h1-4,6-9,20,22,29H,5,10-17H2,(H,30,32,35). The van der Waals surface area contributed by atoms with E-state index in [9.17, 15) is 9.59 Å². The SMILES string of the molecule is O=C(Nc1nnc(CCc2ccc(Cl)cc2)s1)C1CC(=O)N(c2ccc(CNC3CCOCC3)cc2)C1. The molecular weight excluding hydrogens is 510 g/mol. The largest absolute Gasteiger partial charge is 0.381 e. The molecule has 2 aliphatic rings. The lowest BCUT2D eigenvalue weighted by atomic mass is 10.1. The Balaban J connectivity index is 1.10. The van der Waals surface area contributed by atoms with Crippen LogP contribution in [0, 0.1) is 5.92 Å². The van der Waals surface area contributed by atoms with Crippen LogP contribution >= 0.6 is 22.9 Å². The topological polar surface area (TPSA) is 96.5 Å². The number of rotatable bonds is 9. The summed E-state index contributed by atoms with van der Waals surface area (Å²) in [4.78, 5) is 27.3. The van der Waals surface area contributed by atoms with E-state index in [4.69, 9.17) is 16.3 Å². The zero-order valence-corrected chi connectivity index (χ0v) is 22.1. The Morgan fingerprint density at radius 1 is 1.03 bits per heavy atom. The third-order valence-corrected chi connectivity index (χ3v) is 7.95. The molecule has 5 rings (SSSR count). The van der Waals surface area contributed by atoms with Crippen molar-refractivity contribution in [2.45, 2.75) is 44.7 Å². The summed E-state index contributed by atoms with van der Waals surface area (Å²) >= 11 is 7.30. The summed E-state index contributed by atoms with van der Waals surface area (Å²) in [5.41, 5.74) is 3.15. The molecule has 37 heavy (non-hydrogen) atoms. The second kappa shape index (κ2) is 12.1. The highest BCUT2D eigenvalue weighted by Crippen LogP contribution is 2.27. The Labute approximate surface area is 225 Å². The number of anilines is 2. The minimum absolute atomic E-state index is 0.0471. The van der Waals surface area contributed by atoms with E-state index in [0.29, 0.717) is 22.7 Å². The number of aromatic nitrogens is 2.